The molecule has 2 aromatic carbocycles. The fourth-order valence-corrected chi connectivity index (χ4v) is 10.2. The first-order valence-electron chi connectivity index (χ1n) is 12.4. The summed E-state index contributed by atoms with van der Waals surface area (Å²) in [4.78, 5) is 26.8. The van der Waals surface area contributed by atoms with E-state index < -0.39 is 7.26 Å². The van der Waals surface area contributed by atoms with Crippen LogP contribution in [0.4, 0.5) is 5.69 Å². The zero-order chi connectivity index (χ0) is 24.6. The van der Waals surface area contributed by atoms with Crippen molar-refractivity contribution in [2.75, 3.05) is 30.9 Å². The third-order valence-corrected chi connectivity index (χ3v) is 12.0. The molecule has 1 aliphatic rings. The Bertz CT molecular complexity index is 947. The number of benzene rings is 2. The molecule has 2 aromatic rings. The normalized spacial score (nSPS) is 15.9. The Kier molecular flexibility index (Phi) is 9.53. The molecule has 1 fully saturated rings. The van der Waals surface area contributed by atoms with Gasteiger partial charge in [0.1, 0.15) is 18.0 Å². The Balaban J connectivity index is 1.80. The first-order valence-corrected chi connectivity index (χ1v) is 14.8. The minimum atomic E-state index is -1.84. The van der Waals surface area contributed by atoms with Crippen molar-refractivity contribution in [3.8, 4) is 5.75 Å². The molecule has 184 valence electrons. The van der Waals surface area contributed by atoms with E-state index in [1.165, 1.54) is 6.42 Å². The Labute approximate surface area is 205 Å². The van der Waals surface area contributed by atoms with Crippen molar-refractivity contribution in [1.29, 1.82) is 0 Å². The molecule has 34 heavy (non-hydrogen) atoms. The van der Waals surface area contributed by atoms with E-state index in [4.69, 9.17) is 9.47 Å². The highest BCUT2D eigenvalue weighted by atomic mass is 31.2. The van der Waals surface area contributed by atoms with Gasteiger partial charge in [0.15, 0.2) is 6.16 Å². The molecular weight excluding hydrogens is 445 g/mol. The molecule has 1 unspecified atom stereocenters. The maximum Gasteiger partial charge on any atom is 0.344 e. The molecule has 0 radical (unpaired) electrons. The van der Waals surface area contributed by atoms with Gasteiger partial charge in [-0.2, -0.15) is 0 Å². The summed E-state index contributed by atoms with van der Waals surface area (Å²) in [6.07, 6.45) is 7.47. The van der Waals surface area contributed by atoms with Crippen LogP contribution in [0, 0.1) is 13.8 Å². The van der Waals surface area contributed by atoms with E-state index in [1.54, 1.807) is 7.11 Å². The molecule has 1 heterocycles. The van der Waals surface area contributed by atoms with Gasteiger partial charge < -0.3 is 14.8 Å². The predicted octanol–water partition coefficient (Wildman–Crippen LogP) is 6.36. The van der Waals surface area contributed by atoms with Gasteiger partial charge in [-0.15, -0.1) is 0 Å². The van der Waals surface area contributed by atoms with Crippen LogP contribution in [0.5, 0.6) is 5.75 Å². The fraction of sp³-hybridized carbons (Fsp3) is 0.500. The van der Waals surface area contributed by atoms with Crippen molar-refractivity contribution >= 4 is 24.8 Å². The van der Waals surface area contributed by atoms with Crippen LogP contribution in [-0.4, -0.2) is 43.1 Å². The number of nitrogens with one attached hydrogen (secondary N) is 1. The summed E-state index contributed by atoms with van der Waals surface area (Å²) in [7, 11) is -0.194. The Morgan fingerprint density at radius 1 is 1.03 bits per heavy atom. The lowest BCUT2D eigenvalue weighted by Gasteiger charge is -2.36. The quantitative estimate of drug-likeness (QED) is 0.315. The molecule has 1 amide bonds. The number of hydrogen-bond acceptors (Lipinski definition) is 4. The third-order valence-electron chi connectivity index (χ3n) is 6.91. The molecule has 0 aromatic heterocycles. The second-order valence-corrected chi connectivity index (χ2v) is 13.7. The number of aryl methyl sites for hydroxylation is 2. The molecule has 1 atom stereocenters. The third kappa shape index (κ3) is 6.60. The van der Waals surface area contributed by atoms with Gasteiger partial charge in [-0.05, 0) is 68.4 Å². The number of ether oxygens (including phenoxy) is 2. The van der Waals surface area contributed by atoms with Crippen LogP contribution in [0.2, 0.25) is 0 Å². The summed E-state index contributed by atoms with van der Waals surface area (Å²) in [5, 5.41) is 3.25. The summed E-state index contributed by atoms with van der Waals surface area (Å²) in [5.74, 6) is 0.685. The largest absolute Gasteiger partial charge is 0.497 e. The molecule has 3 rings (SSSR count). The van der Waals surface area contributed by atoms with Crippen LogP contribution < -0.4 is 10.1 Å². The molecule has 0 spiro atoms. The number of anilines is 1. The second kappa shape index (κ2) is 12.4. The standard InChI is InChI=1S/C28H38NO4P/c1-5-12-25(28(31)29-27-21(2)17-24(32-4)18-22(27)3)34(15-10-7-11-16-34)20-26(30)33-19-23-13-8-6-9-14-23/h6,8-9,13-14,17-18,25H,5,7,10-12,15-16,19-20H2,1-4H3/p+1. The lowest BCUT2D eigenvalue weighted by atomic mass is 10.1. The summed E-state index contributed by atoms with van der Waals surface area (Å²) in [6.45, 7) is 6.39. The first kappa shape index (κ1) is 26.2. The Morgan fingerprint density at radius 3 is 2.26 bits per heavy atom. The monoisotopic (exact) mass is 484 g/mol. The van der Waals surface area contributed by atoms with Crippen molar-refractivity contribution < 1.29 is 19.1 Å². The van der Waals surface area contributed by atoms with Crippen LogP contribution in [0.15, 0.2) is 42.5 Å². The number of methoxy groups -OCH3 is 1. The maximum atomic E-state index is 13.8. The second-order valence-electron chi connectivity index (χ2n) is 9.46. The minimum Gasteiger partial charge on any atom is -0.497 e. The van der Waals surface area contributed by atoms with Gasteiger partial charge in [0.2, 0.25) is 0 Å². The van der Waals surface area contributed by atoms with Gasteiger partial charge in [-0.1, -0.05) is 43.7 Å². The number of amides is 1. The SMILES string of the molecule is CCCC(C(=O)Nc1c(C)cc(OC)cc1C)[P+]1(CC(=O)OCc2ccccc2)CCCCC1. The molecule has 0 bridgehead atoms. The van der Waals surface area contributed by atoms with Crippen LogP contribution in [0.1, 0.15) is 55.7 Å². The van der Waals surface area contributed by atoms with E-state index >= 15 is 0 Å². The van der Waals surface area contributed by atoms with Crippen molar-refractivity contribution in [3.63, 3.8) is 0 Å². The Morgan fingerprint density at radius 2 is 1.68 bits per heavy atom. The summed E-state index contributed by atoms with van der Waals surface area (Å²) >= 11 is 0. The zero-order valence-corrected chi connectivity index (χ0v) is 22.0. The first-order chi connectivity index (χ1) is 16.4. The molecular formula is C28H39NO4P+. The van der Waals surface area contributed by atoms with E-state index in [2.05, 4.69) is 12.2 Å². The molecule has 0 saturated carbocycles. The van der Waals surface area contributed by atoms with Crippen molar-refractivity contribution in [2.24, 2.45) is 0 Å². The number of rotatable bonds is 10. The Hall–Kier alpha value is -2.39. The zero-order valence-electron chi connectivity index (χ0n) is 21.1. The van der Waals surface area contributed by atoms with Crippen LogP contribution in [-0.2, 0) is 20.9 Å². The number of hydrogen-bond donors (Lipinski definition) is 1. The molecule has 1 saturated heterocycles. The minimum absolute atomic E-state index is 0.0595. The highest BCUT2D eigenvalue weighted by Crippen LogP contribution is 2.67. The lowest BCUT2D eigenvalue weighted by molar-refractivity contribution is -0.141. The molecule has 0 aliphatic carbocycles. The molecule has 1 aliphatic heterocycles. The van der Waals surface area contributed by atoms with Crippen LogP contribution in [0.3, 0.4) is 0 Å². The van der Waals surface area contributed by atoms with Gasteiger partial charge in [0.05, 0.1) is 19.4 Å². The average Bonchev–Trinajstić information content (AvgIpc) is 2.84. The van der Waals surface area contributed by atoms with Crippen molar-refractivity contribution in [2.45, 2.75) is 65.1 Å². The fourth-order valence-electron chi connectivity index (χ4n) is 5.14. The number of carbonyl (C=O) groups excluding carboxylic acids is 2. The van der Waals surface area contributed by atoms with Gasteiger partial charge >= 0.3 is 5.97 Å². The van der Waals surface area contributed by atoms with Gasteiger partial charge in [-0.25, -0.2) is 4.79 Å². The summed E-state index contributed by atoms with van der Waals surface area (Å²) < 4.78 is 11.1. The summed E-state index contributed by atoms with van der Waals surface area (Å²) in [6, 6.07) is 13.7. The summed E-state index contributed by atoms with van der Waals surface area (Å²) in [5.41, 5.74) is 3.69. The molecule has 5 nitrogen and oxygen atoms in total. The number of esters is 1. The van der Waals surface area contributed by atoms with E-state index in [-0.39, 0.29) is 24.1 Å². The molecule has 1 N–H and O–H groups in total. The van der Waals surface area contributed by atoms with Crippen LogP contribution >= 0.6 is 7.26 Å². The number of carbonyl (C=O) groups is 2. The maximum absolute atomic E-state index is 13.8. The molecule has 6 heteroatoms. The van der Waals surface area contributed by atoms with Crippen molar-refractivity contribution in [1.82, 2.24) is 0 Å². The van der Waals surface area contributed by atoms with Gasteiger partial charge in [0, 0.05) is 12.9 Å². The lowest BCUT2D eigenvalue weighted by Crippen LogP contribution is -2.37. The highest BCUT2D eigenvalue weighted by Gasteiger charge is 2.51. The van der Waals surface area contributed by atoms with Crippen LogP contribution in [0.25, 0.3) is 0 Å². The van der Waals surface area contributed by atoms with Crippen molar-refractivity contribution in [3.05, 3.63) is 59.2 Å². The smallest absolute Gasteiger partial charge is 0.344 e. The topological polar surface area (TPSA) is 64.6 Å². The highest BCUT2D eigenvalue weighted by molar-refractivity contribution is 7.78. The van der Waals surface area contributed by atoms with E-state index in [9.17, 15) is 9.59 Å². The van der Waals surface area contributed by atoms with Gasteiger partial charge in [0.25, 0.3) is 5.91 Å². The van der Waals surface area contributed by atoms with Gasteiger partial charge in [-0.3, -0.25) is 4.79 Å². The van der Waals surface area contributed by atoms with E-state index in [0.29, 0.717) is 6.16 Å². The van der Waals surface area contributed by atoms with E-state index in [0.717, 1.165) is 66.1 Å². The average molecular weight is 485 g/mol. The van der Waals surface area contributed by atoms with E-state index in [1.807, 2.05) is 56.3 Å². The predicted molar refractivity (Wildman–Crippen MR) is 141 cm³/mol.